The van der Waals surface area contributed by atoms with Crippen LogP contribution in [-0.4, -0.2) is 9.97 Å². The largest absolute Gasteiger partial charge is 0.256 e. The standard InChI is InChI=1S/C32H28N2/c1-22-18-23(2)34-32(24(22)3)30-11-7-8-25(20-30)19-26-12-17-31(33-21-26)29-15-13-28(14-16-29)27-9-5-4-6-10-27/h4-18,20-21H,19H2,1-3H3. The fourth-order valence-electron chi connectivity index (χ4n) is 4.41. The summed E-state index contributed by atoms with van der Waals surface area (Å²) in [6.45, 7) is 6.36. The Bertz CT molecular complexity index is 1420. The minimum Gasteiger partial charge on any atom is -0.256 e. The minimum absolute atomic E-state index is 0.845. The van der Waals surface area contributed by atoms with Crippen LogP contribution in [0.3, 0.4) is 0 Å². The quantitative estimate of drug-likeness (QED) is 0.277. The molecule has 0 radical (unpaired) electrons. The average Bonchev–Trinajstić information content (AvgIpc) is 2.87. The molecular formula is C32H28N2. The lowest BCUT2D eigenvalue weighted by Gasteiger charge is -2.11. The van der Waals surface area contributed by atoms with Gasteiger partial charge < -0.3 is 0 Å². The number of pyridine rings is 2. The third-order valence-electron chi connectivity index (χ3n) is 6.38. The summed E-state index contributed by atoms with van der Waals surface area (Å²) < 4.78 is 0. The second kappa shape index (κ2) is 9.44. The summed E-state index contributed by atoms with van der Waals surface area (Å²) in [7, 11) is 0. The molecule has 0 spiro atoms. The molecule has 5 aromatic rings. The first-order valence-corrected chi connectivity index (χ1v) is 11.7. The molecule has 2 aromatic heterocycles. The maximum Gasteiger partial charge on any atom is 0.0737 e. The van der Waals surface area contributed by atoms with Crippen molar-refractivity contribution in [3.05, 3.63) is 131 Å². The molecule has 34 heavy (non-hydrogen) atoms. The van der Waals surface area contributed by atoms with E-state index >= 15 is 0 Å². The molecule has 0 N–H and O–H groups in total. The van der Waals surface area contributed by atoms with Crippen molar-refractivity contribution in [2.24, 2.45) is 0 Å². The molecule has 3 aromatic carbocycles. The fraction of sp³-hybridized carbons (Fsp3) is 0.125. The van der Waals surface area contributed by atoms with Crippen molar-refractivity contribution >= 4 is 0 Å². The van der Waals surface area contributed by atoms with Crippen LogP contribution in [0.4, 0.5) is 0 Å². The van der Waals surface area contributed by atoms with Crippen LogP contribution < -0.4 is 0 Å². The normalized spacial score (nSPS) is 10.9. The van der Waals surface area contributed by atoms with Crippen LogP contribution in [0.25, 0.3) is 33.6 Å². The molecular weight excluding hydrogens is 412 g/mol. The number of hydrogen-bond acceptors (Lipinski definition) is 2. The Hall–Kier alpha value is -4.04. The van der Waals surface area contributed by atoms with E-state index in [0.29, 0.717) is 0 Å². The summed E-state index contributed by atoms with van der Waals surface area (Å²) in [5.74, 6) is 0. The second-order valence-corrected chi connectivity index (χ2v) is 8.93. The average molecular weight is 441 g/mol. The van der Waals surface area contributed by atoms with Crippen LogP contribution >= 0.6 is 0 Å². The van der Waals surface area contributed by atoms with Crippen LogP contribution in [-0.2, 0) is 6.42 Å². The van der Waals surface area contributed by atoms with Gasteiger partial charge in [-0.25, -0.2) is 0 Å². The van der Waals surface area contributed by atoms with Crippen molar-refractivity contribution < 1.29 is 0 Å². The Morgan fingerprint density at radius 3 is 2.03 bits per heavy atom. The Morgan fingerprint density at radius 2 is 1.29 bits per heavy atom. The Labute approximate surface area is 202 Å². The minimum atomic E-state index is 0.845. The predicted octanol–water partition coefficient (Wildman–Crippen LogP) is 7.99. The molecule has 2 nitrogen and oxygen atoms in total. The van der Waals surface area contributed by atoms with Gasteiger partial charge in [0.05, 0.1) is 11.4 Å². The SMILES string of the molecule is Cc1cc(C)c(C)c(-c2cccc(Cc3ccc(-c4ccc(-c5ccccc5)cc4)nc3)c2)n1. The Kier molecular flexibility index (Phi) is 6.05. The van der Waals surface area contributed by atoms with Gasteiger partial charge in [0.25, 0.3) is 0 Å². The number of nitrogens with zero attached hydrogens (tertiary/aromatic N) is 2. The lowest BCUT2D eigenvalue weighted by molar-refractivity contribution is 1.13. The molecule has 0 aliphatic rings. The van der Waals surface area contributed by atoms with Gasteiger partial charge in [0.15, 0.2) is 0 Å². The molecule has 0 aliphatic heterocycles. The van der Waals surface area contributed by atoms with Crippen LogP contribution in [0, 0.1) is 20.8 Å². The summed E-state index contributed by atoms with van der Waals surface area (Å²) in [4.78, 5) is 9.56. The molecule has 0 fully saturated rings. The molecule has 5 rings (SSSR count). The highest BCUT2D eigenvalue weighted by atomic mass is 14.7. The van der Waals surface area contributed by atoms with Crippen molar-refractivity contribution in [2.45, 2.75) is 27.2 Å². The Balaban J connectivity index is 1.34. The number of rotatable bonds is 5. The van der Waals surface area contributed by atoms with Crippen LogP contribution in [0.5, 0.6) is 0 Å². The van der Waals surface area contributed by atoms with E-state index in [4.69, 9.17) is 9.97 Å². The smallest absolute Gasteiger partial charge is 0.0737 e. The summed E-state index contributed by atoms with van der Waals surface area (Å²) in [5, 5.41) is 0. The molecule has 0 saturated heterocycles. The van der Waals surface area contributed by atoms with Gasteiger partial charge in [0, 0.05) is 23.0 Å². The molecule has 2 heteroatoms. The van der Waals surface area contributed by atoms with Crippen LogP contribution in [0.1, 0.15) is 27.9 Å². The molecule has 166 valence electrons. The van der Waals surface area contributed by atoms with Crippen LogP contribution in [0.2, 0.25) is 0 Å². The summed E-state index contributed by atoms with van der Waals surface area (Å²) in [6, 6.07) is 34.2. The number of aromatic nitrogens is 2. The van der Waals surface area contributed by atoms with E-state index < -0.39 is 0 Å². The third kappa shape index (κ3) is 4.67. The van der Waals surface area contributed by atoms with Gasteiger partial charge in [0.1, 0.15) is 0 Å². The first kappa shape index (κ1) is 21.8. The van der Waals surface area contributed by atoms with E-state index in [9.17, 15) is 0 Å². The molecule has 0 aliphatic carbocycles. The zero-order valence-corrected chi connectivity index (χ0v) is 19.9. The van der Waals surface area contributed by atoms with E-state index in [1.807, 2.05) is 12.3 Å². The van der Waals surface area contributed by atoms with Gasteiger partial charge in [0.2, 0.25) is 0 Å². The number of hydrogen-bond donors (Lipinski definition) is 0. The maximum absolute atomic E-state index is 4.81. The third-order valence-corrected chi connectivity index (χ3v) is 6.38. The van der Waals surface area contributed by atoms with Gasteiger partial charge in [-0.1, -0.05) is 78.9 Å². The van der Waals surface area contributed by atoms with E-state index in [2.05, 4.69) is 112 Å². The van der Waals surface area contributed by atoms with Gasteiger partial charge in [-0.05, 0) is 78.8 Å². The van der Waals surface area contributed by atoms with E-state index in [-0.39, 0.29) is 0 Å². The highest BCUT2D eigenvalue weighted by molar-refractivity contribution is 5.69. The van der Waals surface area contributed by atoms with Crippen molar-refractivity contribution in [1.29, 1.82) is 0 Å². The van der Waals surface area contributed by atoms with Gasteiger partial charge >= 0.3 is 0 Å². The lowest BCUT2D eigenvalue weighted by atomic mass is 9.98. The zero-order chi connectivity index (χ0) is 23.5. The molecule has 2 heterocycles. The summed E-state index contributed by atoms with van der Waals surface area (Å²) in [5.41, 5.74) is 12.9. The highest BCUT2D eigenvalue weighted by Gasteiger charge is 2.09. The van der Waals surface area contributed by atoms with E-state index in [1.54, 1.807) is 0 Å². The second-order valence-electron chi connectivity index (χ2n) is 8.93. The van der Waals surface area contributed by atoms with Crippen molar-refractivity contribution in [2.75, 3.05) is 0 Å². The number of benzene rings is 3. The highest BCUT2D eigenvalue weighted by Crippen LogP contribution is 2.27. The topological polar surface area (TPSA) is 25.8 Å². The lowest BCUT2D eigenvalue weighted by Crippen LogP contribution is -1.96. The first-order chi connectivity index (χ1) is 16.6. The Morgan fingerprint density at radius 1 is 0.588 bits per heavy atom. The van der Waals surface area contributed by atoms with Crippen molar-refractivity contribution in [3.8, 4) is 33.6 Å². The van der Waals surface area contributed by atoms with E-state index in [0.717, 1.165) is 29.1 Å². The molecule has 0 amide bonds. The summed E-state index contributed by atoms with van der Waals surface area (Å²) >= 11 is 0. The van der Waals surface area contributed by atoms with Gasteiger partial charge in [-0.15, -0.1) is 0 Å². The monoisotopic (exact) mass is 440 g/mol. The zero-order valence-electron chi connectivity index (χ0n) is 19.9. The molecule has 0 atom stereocenters. The van der Waals surface area contributed by atoms with E-state index in [1.165, 1.54) is 38.9 Å². The fourth-order valence-corrected chi connectivity index (χ4v) is 4.41. The molecule has 0 bridgehead atoms. The van der Waals surface area contributed by atoms with Crippen LogP contribution in [0.15, 0.2) is 103 Å². The predicted molar refractivity (Wildman–Crippen MR) is 142 cm³/mol. The van der Waals surface area contributed by atoms with Gasteiger partial charge in [-0.3, -0.25) is 9.97 Å². The molecule has 0 saturated carbocycles. The van der Waals surface area contributed by atoms with Crippen molar-refractivity contribution in [3.63, 3.8) is 0 Å². The number of aryl methyl sites for hydroxylation is 2. The summed E-state index contributed by atoms with van der Waals surface area (Å²) in [6.07, 6.45) is 2.84. The van der Waals surface area contributed by atoms with Crippen molar-refractivity contribution in [1.82, 2.24) is 9.97 Å². The molecule has 0 unspecified atom stereocenters. The first-order valence-electron chi connectivity index (χ1n) is 11.7. The maximum atomic E-state index is 4.81. The van der Waals surface area contributed by atoms with Gasteiger partial charge in [-0.2, -0.15) is 0 Å².